The van der Waals surface area contributed by atoms with Gasteiger partial charge in [0.2, 0.25) is 0 Å². The Morgan fingerprint density at radius 1 is 1.17 bits per heavy atom. The lowest BCUT2D eigenvalue weighted by molar-refractivity contribution is 0.0960. The first-order valence-electron chi connectivity index (χ1n) is 8.73. The van der Waals surface area contributed by atoms with E-state index in [9.17, 15) is 4.79 Å². The Bertz CT molecular complexity index is 1200. The van der Waals surface area contributed by atoms with Crippen LogP contribution in [-0.2, 0) is 0 Å². The number of nitrogen functional groups attached to an aromatic ring is 1. The van der Waals surface area contributed by atoms with Crippen LogP contribution in [0.4, 0.5) is 5.69 Å². The molecule has 0 radical (unpaired) electrons. The van der Waals surface area contributed by atoms with Gasteiger partial charge in [-0.2, -0.15) is 5.10 Å². The molecule has 8 heteroatoms. The first-order valence-corrected chi connectivity index (χ1v) is 9.54. The lowest BCUT2D eigenvalue weighted by Gasteiger charge is -2.01. The van der Waals surface area contributed by atoms with Crippen LogP contribution in [0.2, 0.25) is 0 Å². The fourth-order valence-corrected chi connectivity index (χ4v) is 3.70. The third kappa shape index (κ3) is 4.07. The zero-order valence-electron chi connectivity index (χ0n) is 15.5. The second-order valence-corrected chi connectivity index (χ2v) is 7.16. The number of anilines is 1. The van der Waals surface area contributed by atoms with E-state index in [1.807, 2.05) is 48.5 Å². The van der Waals surface area contributed by atoms with E-state index < -0.39 is 0 Å². The summed E-state index contributed by atoms with van der Waals surface area (Å²) in [6.07, 6.45) is 3.05. The number of nitrogens with zero attached hydrogens (tertiary/aromatic N) is 3. The van der Waals surface area contributed by atoms with E-state index in [4.69, 9.17) is 10.5 Å². The number of hydrogen-bond donors (Lipinski definition) is 2. The summed E-state index contributed by atoms with van der Waals surface area (Å²) in [6, 6.07) is 16.9. The van der Waals surface area contributed by atoms with Gasteiger partial charge in [0.1, 0.15) is 16.3 Å². The van der Waals surface area contributed by atoms with E-state index in [-0.39, 0.29) is 5.91 Å². The number of hydrazone groups is 1. The van der Waals surface area contributed by atoms with Crippen molar-refractivity contribution < 1.29 is 9.53 Å². The average molecular weight is 403 g/mol. The van der Waals surface area contributed by atoms with Crippen molar-refractivity contribution in [2.24, 2.45) is 5.10 Å². The number of fused-ring (bicyclic) bond motifs is 1. The molecule has 0 spiro atoms. The molecule has 0 atom stereocenters. The summed E-state index contributed by atoms with van der Waals surface area (Å²) >= 11 is 1.30. The molecule has 2 aromatic carbocycles. The minimum Gasteiger partial charge on any atom is -0.497 e. The van der Waals surface area contributed by atoms with Gasteiger partial charge in [0.25, 0.3) is 5.91 Å². The molecule has 0 fully saturated rings. The fraction of sp³-hybridized carbons (Fsp3) is 0.0476. The first-order chi connectivity index (χ1) is 14.1. The fourth-order valence-electron chi connectivity index (χ4n) is 2.72. The maximum atomic E-state index is 12.5. The summed E-state index contributed by atoms with van der Waals surface area (Å²) in [4.78, 5) is 22.5. The molecular formula is C21H17N5O2S. The van der Waals surface area contributed by atoms with Crippen LogP contribution in [0.5, 0.6) is 5.75 Å². The number of benzene rings is 2. The predicted octanol–water partition coefficient (Wildman–Crippen LogP) is 3.71. The number of thiophene rings is 1. The lowest BCUT2D eigenvalue weighted by Crippen LogP contribution is -2.17. The SMILES string of the molecule is COc1ccc(-c2cc(N)c(C(=O)N/N=C\c3cnc4ccccc4n3)s2)cc1. The molecule has 0 saturated heterocycles. The molecule has 4 aromatic rings. The number of nitrogens with one attached hydrogen (secondary N) is 1. The highest BCUT2D eigenvalue weighted by atomic mass is 32.1. The normalized spacial score (nSPS) is 11.1. The third-order valence-electron chi connectivity index (χ3n) is 4.17. The minimum absolute atomic E-state index is 0.378. The monoisotopic (exact) mass is 403 g/mol. The predicted molar refractivity (Wildman–Crippen MR) is 115 cm³/mol. The largest absolute Gasteiger partial charge is 0.497 e. The Hall–Kier alpha value is -3.78. The van der Waals surface area contributed by atoms with Crippen molar-refractivity contribution in [3.63, 3.8) is 0 Å². The van der Waals surface area contributed by atoms with Crippen LogP contribution in [0.3, 0.4) is 0 Å². The Morgan fingerprint density at radius 3 is 2.69 bits per heavy atom. The van der Waals surface area contributed by atoms with Gasteiger partial charge in [0.15, 0.2) is 0 Å². The van der Waals surface area contributed by atoms with Crippen LogP contribution in [0.1, 0.15) is 15.4 Å². The molecule has 0 bridgehead atoms. The van der Waals surface area contributed by atoms with E-state index in [1.165, 1.54) is 17.6 Å². The van der Waals surface area contributed by atoms with Crippen LogP contribution in [0.15, 0.2) is 65.9 Å². The number of ether oxygens (including phenoxy) is 1. The number of carbonyl (C=O) groups is 1. The molecule has 0 saturated carbocycles. The van der Waals surface area contributed by atoms with Crippen LogP contribution >= 0.6 is 11.3 Å². The highest BCUT2D eigenvalue weighted by Gasteiger charge is 2.15. The zero-order valence-corrected chi connectivity index (χ0v) is 16.3. The Labute approximate surface area is 170 Å². The molecule has 7 nitrogen and oxygen atoms in total. The van der Waals surface area contributed by atoms with Crippen molar-refractivity contribution in [1.29, 1.82) is 0 Å². The molecule has 144 valence electrons. The maximum Gasteiger partial charge on any atom is 0.283 e. The van der Waals surface area contributed by atoms with E-state index in [0.29, 0.717) is 16.3 Å². The minimum atomic E-state index is -0.378. The molecule has 0 aliphatic heterocycles. The maximum absolute atomic E-state index is 12.5. The molecule has 0 aliphatic carbocycles. The van der Waals surface area contributed by atoms with Crippen molar-refractivity contribution in [3.8, 4) is 16.2 Å². The number of aromatic nitrogens is 2. The van der Waals surface area contributed by atoms with Gasteiger partial charge < -0.3 is 10.5 Å². The number of hydrogen-bond acceptors (Lipinski definition) is 7. The highest BCUT2D eigenvalue weighted by Crippen LogP contribution is 2.33. The number of nitrogens with two attached hydrogens (primary N) is 1. The van der Waals surface area contributed by atoms with Gasteiger partial charge in [-0.1, -0.05) is 12.1 Å². The molecule has 2 heterocycles. The van der Waals surface area contributed by atoms with E-state index >= 15 is 0 Å². The Morgan fingerprint density at radius 2 is 1.93 bits per heavy atom. The van der Waals surface area contributed by atoms with Crippen molar-refractivity contribution in [2.45, 2.75) is 0 Å². The molecule has 1 amide bonds. The number of para-hydroxylation sites is 2. The molecule has 0 unspecified atom stereocenters. The summed E-state index contributed by atoms with van der Waals surface area (Å²) < 4.78 is 5.17. The molecule has 0 aliphatic rings. The summed E-state index contributed by atoms with van der Waals surface area (Å²) in [7, 11) is 1.62. The van der Waals surface area contributed by atoms with Gasteiger partial charge in [-0.25, -0.2) is 10.4 Å². The third-order valence-corrected chi connectivity index (χ3v) is 5.37. The van der Waals surface area contributed by atoms with Crippen molar-refractivity contribution >= 4 is 40.2 Å². The van der Waals surface area contributed by atoms with Crippen LogP contribution in [-0.4, -0.2) is 29.2 Å². The number of amides is 1. The molecule has 29 heavy (non-hydrogen) atoms. The van der Waals surface area contributed by atoms with Crippen molar-refractivity contribution in [2.75, 3.05) is 12.8 Å². The van der Waals surface area contributed by atoms with Crippen LogP contribution in [0, 0.1) is 0 Å². The second-order valence-electron chi connectivity index (χ2n) is 6.11. The van der Waals surface area contributed by atoms with Gasteiger partial charge in [0.05, 0.1) is 36.2 Å². The summed E-state index contributed by atoms with van der Waals surface area (Å²) in [6.45, 7) is 0. The Kier molecular flexibility index (Phi) is 5.17. The zero-order chi connectivity index (χ0) is 20.2. The Balaban J connectivity index is 1.47. The quantitative estimate of drug-likeness (QED) is 0.391. The molecule has 3 N–H and O–H groups in total. The number of rotatable bonds is 5. The molecule has 2 aromatic heterocycles. The van der Waals surface area contributed by atoms with E-state index in [0.717, 1.165) is 27.2 Å². The molecule has 4 rings (SSSR count). The summed E-state index contributed by atoms with van der Waals surface area (Å²) in [5.74, 6) is 0.389. The first kappa shape index (κ1) is 18.6. The van der Waals surface area contributed by atoms with Gasteiger partial charge in [-0.15, -0.1) is 11.3 Å². The molecular weight excluding hydrogens is 386 g/mol. The standard InChI is InChI=1S/C21H17N5O2S/c1-28-15-8-6-13(7-9-15)19-10-16(22)20(29-19)21(27)26-24-12-14-11-23-17-4-2-3-5-18(17)25-14/h2-12H,22H2,1H3,(H,26,27)/b24-12-. The van der Waals surface area contributed by atoms with E-state index in [1.54, 1.807) is 19.4 Å². The van der Waals surface area contributed by atoms with Gasteiger partial charge in [0, 0.05) is 4.88 Å². The van der Waals surface area contributed by atoms with Crippen molar-refractivity contribution in [1.82, 2.24) is 15.4 Å². The smallest absolute Gasteiger partial charge is 0.283 e. The highest BCUT2D eigenvalue weighted by molar-refractivity contribution is 7.18. The lowest BCUT2D eigenvalue weighted by atomic mass is 10.2. The number of carbonyl (C=O) groups excluding carboxylic acids is 1. The van der Waals surface area contributed by atoms with Gasteiger partial charge >= 0.3 is 0 Å². The van der Waals surface area contributed by atoms with Gasteiger partial charge in [-0.05, 0) is 48.0 Å². The van der Waals surface area contributed by atoms with Crippen LogP contribution < -0.4 is 15.9 Å². The van der Waals surface area contributed by atoms with Crippen molar-refractivity contribution in [3.05, 3.63) is 71.4 Å². The topological polar surface area (TPSA) is 102 Å². The summed E-state index contributed by atoms with van der Waals surface area (Å²) in [5.41, 5.74) is 12.0. The van der Waals surface area contributed by atoms with Crippen LogP contribution in [0.25, 0.3) is 21.5 Å². The average Bonchev–Trinajstić information content (AvgIpc) is 3.15. The van der Waals surface area contributed by atoms with E-state index in [2.05, 4.69) is 20.5 Å². The second kappa shape index (κ2) is 8.07. The summed E-state index contributed by atoms with van der Waals surface area (Å²) in [5, 5.41) is 3.98. The van der Waals surface area contributed by atoms with Gasteiger partial charge in [-0.3, -0.25) is 9.78 Å². The number of methoxy groups -OCH3 is 1.